The predicted octanol–water partition coefficient (Wildman–Crippen LogP) is 2.65. The first-order chi connectivity index (χ1) is 13.0. The van der Waals surface area contributed by atoms with Gasteiger partial charge in [0.1, 0.15) is 11.4 Å². The molecule has 1 aromatic rings. The Morgan fingerprint density at radius 1 is 1.37 bits per heavy atom. The molecule has 0 amide bonds. The van der Waals surface area contributed by atoms with Crippen molar-refractivity contribution >= 4 is 17.4 Å². The van der Waals surface area contributed by atoms with Gasteiger partial charge >= 0.3 is 5.97 Å². The summed E-state index contributed by atoms with van der Waals surface area (Å²) < 4.78 is 10.4. The van der Waals surface area contributed by atoms with E-state index >= 15 is 0 Å². The molecule has 27 heavy (non-hydrogen) atoms. The second-order valence-electron chi connectivity index (χ2n) is 7.92. The zero-order chi connectivity index (χ0) is 19.2. The molecule has 3 aliphatic heterocycles. The van der Waals surface area contributed by atoms with Crippen LogP contribution in [0.4, 0.5) is 5.69 Å². The van der Waals surface area contributed by atoms with Gasteiger partial charge in [-0.1, -0.05) is 19.4 Å². The topological polar surface area (TPSA) is 71.4 Å². The van der Waals surface area contributed by atoms with Crippen LogP contribution >= 0.6 is 0 Å². The van der Waals surface area contributed by atoms with Crippen molar-refractivity contribution in [3.63, 3.8) is 0 Å². The van der Waals surface area contributed by atoms with Gasteiger partial charge in [-0.15, -0.1) is 0 Å². The van der Waals surface area contributed by atoms with Gasteiger partial charge in [-0.3, -0.25) is 14.7 Å². The van der Waals surface area contributed by atoms with E-state index in [4.69, 9.17) is 14.5 Å². The van der Waals surface area contributed by atoms with Gasteiger partial charge in [-0.25, -0.2) is 0 Å². The average Bonchev–Trinajstić information content (AvgIpc) is 3.00. The van der Waals surface area contributed by atoms with E-state index in [9.17, 15) is 9.90 Å². The average molecular weight is 372 g/mol. The van der Waals surface area contributed by atoms with E-state index < -0.39 is 5.60 Å². The van der Waals surface area contributed by atoms with Crippen LogP contribution in [-0.4, -0.2) is 55.0 Å². The summed E-state index contributed by atoms with van der Waals surface area (Å²) in [4.78, 5) is 19.2. The van der Waals surface area contributed by atoms with Gasteiger partial charge in [0.25, 0.3) is 0 Å². The lowest BCUT2D eigenvalue weighted by molar-refractivity contribution is -0.143. The number of esters is 1. The normalized spacial score (nSPS) is 32.1. The molecule has 3 aliphatic rings. The first kappa shape index (κ1) is 18.4. The summed E-state index contributed by atoms with van der Waals surface area (Å²) in [5.74, 6) is 1.25. The highest BCUT2D eigenvalue weighted by Gasteiger charge is 2.53. The number of fused-ring (bicyclic) bond motifs is 5. The van der Waals surface area contributed by atoms with Crippen LogP contribution in [0.1, 0.15) is 38.2 Å². The van der Waals surface area contributed by atoms with E-state index in [1.54, 1.807) is 7.11 Å². The number of hydrogen-bond donors (Lipinski definition) is 1. The molecule has 1 aromatic carbocycles. The van der Waals surface area contributed by atoms with Crippen LogP contribution in [0.25, 0.3) is 0 Å². The molecule has 6 nitrogen and oxygen atoms in total. The molecule has 0 spiro atoms. The molecule has 0 bridgehead atoms. The molecule has 0 saturated carbocycles. The Morgan fingerprint density at radius 2 is 2.19 bits per heavy atom. The SMILES string of the molecule is CC[C@H]1CN2CC[C@@]3(O)C(=Nc4cccc(OC)c43)[C@@H]2C[C@H]1CC(=O)OC. The number of aliphatic hydroxyl groups is 1. The number of aliphatic imine (C=N–C) groups is 1. The van der Waals surface area contributed by atoms with Crippen molar-refractivity contribution in [2.75, 3.05) is 27.3 Å². The lowest BCUT2D eigenvalue weighted by atomic mass is 9.71. The quantitative estimate of drug-likeness (QED) is 0.823. The minimum atomic E-state index is -1.07. The maximum atomic E-state index is 11.9. The molecule has 4 atom stereocenters. The van der Waals surface area contributed by atoms with Gasteiger partial charge in [0.15, 0.2) is 0 Å². The Hall–Kier alpha value is -1.92. The first-order valence-electron chi connectivity index (χ1n) is 9.81. The van der Waals surface area contributed by atoms with Crippen molar-refractivity contribution < 1.29 is 19.4 Å². The molecule has 0 radical (unpaired) electrons. The Kier molecular flexibility index (Phi) is 4.72. The standard InChI is InChI=1S/C21H28N2O4/c1-4-13-12-23-9-8-21(25)19-15(6-5-7-17(19)26-2)22-20(21)16(23)10-14(13)11-18(24)27-3/h5-7,13-14,16,25H,4,8-12H2,1-3H3/t13-,14-,16-,21-/m0/s1. The summed E-state index contributed by atoms with van der Waals surface area (Å²) in [7, 11) is 3.08. The Bertz CT molecular complexity index is 777. The van der Waals surface area contributed by atoms with Crippen LogP contribution in [0.3, 0.4) is 0 Å². The van der Waals surface area contributed by atoms with Crippen molar-refractivity contribution in [1.82, 2.24) is 4.90 Å². The van der Waals surface area contributed by atoms with Crippen LogP contribution < -0.4 is 4.74 Å². The maximum absolute atomic E-state index is 11.9. The van der Waals surface area contributed by atoms with Gasteiger partial charge in [-0.2, -0.15) is 0 Å². The minimum absolute atomic E-state index is 0.0540. The van der Waals surface area contributed by atoms with Crippen molar-refractivity contribution in [3.05, 3.63) is 23.8 Å². The maximum Gasteiger partial charge on any atom is 0.305 e. The molecule has 0 aliphatic carbocycles. The lowest BCUT2D eigenvalue weighted by Gasteiger charge is -2.50. The molecule has 1 N–H and O–H groups in total. The monoisotopic (exact) mass is 372 g/mol. The molecule has 6 heteroatoms. The highest BCUT2D eigenvalue weighted by Crippen LogP contribution is 2.51. The van der Waals surface area contributed by atoms with Crippen molar-refractivity contribution in [2.45, 2.75) is 44.2 Å². The molecule has 3 heterocycles. The molecule has 0 aromatic heterocycles. The minimum Gasteiger partial charge on any atom is -0.496 e. The third-order valence-electron chi connectivity index (χ3n) is 6.66. The third-order valence-corrected chi connectivity index (χ3v) is 6.66. The third kappa shape index (κ3) is 2.86. The Labute approximate surface area is 160 Å². The molecule has 2 saturated heterocycles. The summed E-state index contributed by atoms with van der Waals surface area (Å²) >= 11 is 0. The fourth-order valence-electron chi connectivity index (χ4n) is 5.20. The first-order valence-corrected chi connectivity index (χ1v) is 9.81. The van der Waals surface area contributed by atoms with E-state index in [0.717, 1.165) is 42.9 Å². The molecule has 2 fully saturated rings. The lowest BCUT2D eigenvalue weighted by Crippen LogP contribution is -2.60. The Morgan fingerprint density at radius 3 is 2.89 bits per heavy atom. The van der Waals surface area contributed by atoms with E-state index in [1.165, 1.54) is 7.11 Å². The number of hydrogen-bond acceptors (Lipinski definition) is 6. The number of carbonyl (C=O) groups excluding carboxylic acids is 1. The summed E-state index contributed by atoms with van der Waals surface area (Å²) in [6, 6.07) is 5.79. The van der Waals surface area contributed by atoms with Gasteiger partial charge in [0.2, 0.25) is 0 Å². The second kappa shape index (κ2) is 6.91. The zero-order valence-electron chi connectivity index (χ0n) is 16.3. The van der Waals surface area contributed by atoms with Crippen molar-refractivity contribution in [1.29, 1.82) is 0 Å². The van der Waals surface area contributed by atoms with Crippen molar-refractivity contribution in [3.8, 4) is 5.75 Å². The molecule has 4 rings (SSSR count). The second-order valence-corrected chi connectivity index (χ2v) is 7.92. The smallest absolute Gasteiger partial charge is 0.305 e. The number of ether oxygens (including phenoxy) is 2. The molecular formula is C21H28N2O4. The fraction of sp³-hybridized carbons (Fsp3) is 0.619. The predicted molar refractivity (Wildman–Crippen MR) is 102 cm³/mol. The largest absolute Gasteiger partial charge is 0.496 e. The van der Waals surface area contributed by atoms with E-state index in [-0.39, 0.29) is 17.9 Å². The molecule has 146 valence electrons. The van der Waals surface area contributed by atoms with Crippen LogP contribution in [0.5, 0.6) is 5.75 Å². The van der Waals surface area contributed by atoms with E-state index in [1.807, 2.05) is 18.2 Å². The van der Waals surface area contributed by atoms with Crippen LogP contribution in [0, 0.1) is 11.8 Å². The summed E-state index contributed by atoms with van der Waals surface area (Å²) in [6.07, 6.45) is 2.91. The van der Waals surface area contributed by atoms with Crippen LogP contribution in [0.2, 0.25) is 0 Å². The van der Waals surface area contributed by atoms with Crippen molar-refractivity contribution in [2.24, 2.45) is 16.8 Å². The van der Waals surface area contributed by atoms with E-state index in [0.29, 0.717) is 24.5 Å². The summed E-state index contributed by atoms with van der Waals surface area (Å²) in [6.45, 7) is 3.94. The number of carbonyl (C=O) groups is 1. The highest BCUT2D eigenvalue weighted by atomic mass is 16.5. The molecule has 0 unspecified atom stereocenters. The van der Waals surface area contributed by atoms with E-state index in [2.05, 4.69) is 11.8 Å². The van der Waals surface area contributed by atoms with Crippen LogP contribution in [0.15, 0.2) is 23.2 Å². The molecular weight excluding hydrogens is 344 g/mol. The number of piperidine rings is 2. The zero-order valence-corrected chi connectivity index (χ0v) is 16.3. The highest BCUT2D eigenvalue weighted by molar-refractivity contribution is 6.05. The van der Waals surface area contributed by atoms with Crippen LogP contribution in [-0.2, 0) is 15.1 Å². The van der Waals surface area contributed by atoms with Gasteiger partial charge in [0.05, 0.1) is 37.2 Å². The fourth-order valence-corrected chi connectivity index (χ4v) is 5.20. The number of benzene rings is 1. The number of methoxy groups -OCH3 is 2. The Balaban J connectivity index is 1.67. The van der Waals surface area contributed by atoms with Gasteiger partial charge in [-0.05, 0) is 36.8 Å². The summed E-state index contributed by atoms with van der Waals surface area (Å²) in [5, 5.41) is 11.6. The number of rotatable bonds is 4. The van der Waals surface area contributed by atoms with Gasteiger partial charge < -0.3 is 14.6 Å². The number of nitrogens with zero attached hydrogens (tertiary/aromatic N) is 2. The summed E-state index contributed by atoms with van der Waals surface area (Å²) in [5.41, 5.74) is 1.34. The van der Waals surface area contributed by atoms with Gasteiger partial charge in [0, 0.05) is 19.5 Å².